The largest absolute Gasteiger partial charge is 0.514 e. The van der Waals surface area contributed by atoms with Crippen LogP contribution in [0.15, 0.2) is 53.4 Å². The fourth-order valence-corrected chi connectivity index (χ4v) is 2.48. The molecule has 0 aliphatic rings. The van der Waals surface area contributed by atoms with Gasteiger partial charge in [-0.2, -0.15) is 8.42 Å². The van der Waals surface area contributed by atoms with Gasteiger partial charge in [0.1, 0.15) is 17.3 Å². The molecule has 0 fully saturated rings. The summed E-state index contributed by atoms with van der Waals surface area (Å²) in [5.41, 5.74) is -0.0987. The zero-order valence-corrected chi connectivity index (χ0v) is 12.8. The highest BCUT2D eigenvalue weighted by Gasteiger charge is 2.16. The van der Waals surface area contributed by atoms with Gasteiger partial charge in [-0.25, -0.2) is 4.79 Å². The lowest BCUT2D eigenvalue weighted by atomic mass is 10.2. The summed E-state index contributed by atoms with van der Waals surface area (Å²) >= 11 is 0. The average Bonchev–Trinajstić information content (AvgIpc) is 2.53. The van der Waals surface area contributed by atoms with Crippen molar-refractivity contribution < 1.29 is 32.2 Å². The molecule has 0 saturated carbocycles. The Morgan fingerprint density at radius 3 is 2.33 bits per heavy atom. The van der Waals surface area contributed by atoms with Crippen LogP contribution in [0.4, 0.5) is 10.5 Å². The summed E-state index contributed by atoms with van der Waals surface area (Å²) in [5.74, 6) is 0.0219. The molecule has 0 atom stereocenters. The zero-order chi connectivity index (χ0) is 17.7. The number of carbonyl (C=O) groups is 1. The maximum Gasteiger partial charge on any atom is 0.514 e. The van der Waals surface area contributed by atoms with Crippen molar-refractivity contribution in [2.24, 2.45) is 0 Å². The number of hydrogen-bond acceptors (Lipinski definition) is 7. The third-order valence-corrected chi connectivity index (χ3v) is 3.80. The smallest absolute Gasteiger partial charge is 0.429 e. The van der Waals surface area contributed by atoms with E-state index in [1.165, 1.54) is 30.3 Å². The van der Waals surface area contributed by atoms with Crippen molar-refractivity contribution in [3.05, 3.63) is 64.2 Å². The molecule has 2 aromatic rings. The Balaban J connectivity index is 2.00. The summed E-state index contributed by atoms with van der Waals surface area (Å²) < 4.78 is 41.1. The molecule has 0 saturated heterocycles. The first-order valence-electron chi connectivity index (χ1n) is 6.42. The number of hydrogen-bond donors (Lipinski definition) is 1. The van der Waals surface area contributed by atoms with Gasteiger partial charge < -0.3 is 9.47 Å². The van der Waals surface area contributed by atoms with Gasteiger partial charge in [0.2, 0.25) is 0 Å². The van der Waals surface area contributed by atoms with E-state index < -0.39 is 27.8 Å². The van der Waals surface area contributed by atoms with Crippen molar-refractivity contribution in [3.8, 4) is 5.75 Å². The predicted molar refractivity (Wildman–Crippen MR) is 80.2 cm³/mol. The lowest BCUT2D eigenvalue weighted by Crippen LogP contribution is -2.12. The van der Waals surface area contributed by atoms with Crippen LogP contribution < -0.4 is 4.74 Å². The molecule has 0 aromatic heterocycles. The number of non-ortho nitro benzene ring substituents is 1. The third kappa shape index (κ3) is 4.51. The Labute approximate surface area is 136 Å². The first-order valence-corrected chi connectivity index (χ1v) is 7.86. The van der Waals surface area contributed by atoms with Crippen molar-refractivity contribution in [1.82, 2.24) is 0 Å². The Bertz CT molecular complexity index is 861. The van der Waals surface area contributed by atoms with E-state index in [4.69, 9.17) is 14.0 Å². The maximum absolute atomic E-state index is 11.6. The minimum atomic E-state index is -4.45. The van der Waals surface area contributed by atoms with Crippen LogP contribution in [0.25, 0.3) is 0 Å². The van der Waals surface area contributed by atoms with Gasteiger partial charge in [-0.15, -0.1) is 0 Å². The van der Waals surface area contributed by atoms with Crippen LogP contribution in [-0.4, -0.2) is 24.0 Å². The number of nitrogens with zero attached hydrogens (tertiary/aromatic N) is 1. The molecule has 2 aromatic carbocycles. The molecular formula is C14H11NO8S. The molecule has 2 rings (SSSR count). The Morgan fingerprint density at radius 2 is 1.75 bits per heavy atom. The predicted octanol–water partition coefficient (Wildman–Crippen LogP) is 2.56. The molecule has 0 bridgehead atoms. The zero-order valence-electron chi connectivity index (χ0n) is 12.0. The monoisotopic (exact) mass is 353 g/mol. The second-order valence-corrected chi connectivity index (χ2v) is 5.86. The molecule has 10 heteroatoms. The van der Waals surface area contributed by atoms with E-state index in [9.17, 15) is 23.3 Å². The van der Waals surface area contributed by atoms with E-state index in [-0.39, 0.29) is 21.9 Å². The van der Waals surface area contributed by atoms with Gasteiger partial charge in [0.05, 0.1) is 4.92 Å². The van der Waals surface area contributed by atoms with E-state index in [1.54, 1.807) is 0 Å². The summed E-state index contributed by atoms with van der Waals surface area (Å²) in [4.78, 5) is 21.1. The van der Waals surface area contributed by atoms with Crippen molar-refractivity contribution in [3.63, 3.8) is 0 Å². The van der Waals surface area contributed by atoms with Gasteiger partial charge in [-0.3, -0.25) is 14.7 Å². The molecule has 126 valence electrons. The fourth-order valence-electron chi connectivity index (χ4n) is 1.77. The minimum absolute atomic E-state index is 0.0219. The topological polar surface area (TPSA) is 133 Å². The number of nitro groups is 1. The van der Waals surface area contributed by atoms with Gasteiger partial charge in [0.25, 0.3) is 15.8 Å². The minimum Gasteiger partial charge on any atom is -0.429 e. The first kappa shape index (κ1) is 17.4. The molecule has 1 N–H and O–H groups in total. The molecule has 0 aliphatic heterocycles. The molecule has 9 nitrogen and oxygen atoms in total. The highest BCUT2D eigenvalue weighted by molar-refractivity contribution is 7.85. The van der Waals surface area contributed by atoms with E-state index in [0.717, 1.165) is 18.2 Å². The van der Waals surface area contributed by atoms with Crippen LogP contribution in [0.1, 0.15) is 5.56 Å². The van der Waals surface area contributed by atoms with E-state index in [0.29, 0.717) is 0 Å². The van der Waals surface area contributed by atoms with Gasteiger partial charge in [-0.05, 0) is 18.2 Å². The standard InChI is InChI=1S/C14H11NO8S/c16-14(23-12-7-5-11(6-8-12)15(17)18)22-9-10-3-1-2-4-13(10)24(19,20)21/h1-8H,9H2,(H,19,20,21). The third-order valence-electron chi connectivity index (χ3n) is 2.84. The highest BCUT2D eigenvalue weighted by Crippen LogP contribution is 2.19. The van der Waals surface area contributed by atoms with Crippen LogP contribution in [0.2, 0.25) is 0 Å². The van der Waals surface area contributed by atoms with E-state index >= 15 is 0 Å². The average molecular weight is 353 g/mol. The van der Waals surface area contributed by atoms with Crippen LogP contribution in [-0.2, 0) is 21.5 Å². The summed E-state index contributed by atoms with van der Waals surface area (Å²) in [5, 5.41) is 10.5. The number of nitro benzene ring substituents is 1. The Morgan fingerprint density at radius 1 is 1.12 bits per heavy atom. The Kier molecular flexibility index (Phi) is 5.11. The van der Waals surface area contributed by atoms with Crippen LogP contribution in [0.3, 0.4) is 0 Å². The SMILES string of the molecule is O=C(OCc1ccccc1S(=O)(=O)O)Oc1ccc([N+](=O)[O-])cc1. The van der Waals surface area contributed by atoms with E-state index in [1.807, 2.05) is 0 Å². The fraction of sp³-hybridized carbons (Fsp3) is 0.0714. The summed E-state index contributed by atoms with van der Waals surface area (Å²) in [7, 11) is -4.45. The summed E-state index contributed by atoms with van der Waals surface area (Å²) in [6.45, 7) is -0.443. The number of carbonyl (C=O) groups excluding carboxylic acids is 1. The molecule has 0 heterocycles. The quantitative estimate of drug-likeness (QED) is 0.285. The summed E-state index contributed by atoms with van der Waals surface area (Å²) in [6.07, 6.45) is -1.13. The first-order chi connectivity index (χ1) is 11.3. The van der Waals surface area contributed by atoms with Crippen LogP contribution in [0.5, 0.6) is 5.75 Å². The molecule has 0 radical (unpaired) electrons. The van der Waals surface area contributed by atoms with Crippen LogP contribution in [0, 0.1) is 10.1 Å². The maximum atomic E-state index is 11.6. The molecular weight excluding hydrogens is 342 g/mol. The van der Waals surface area contributed by atoms with Crippen molar-refractivity contribution in [1.29, 1.82) is 0 Å². The van der Waals surface area contributed by atoms with Gasteiger partial charge in [0.15, 0.2) is 0 Å². The molecule has 0 amide bonds. The van der Waals surface area contributed by atoms with Crippen molar-refractivity contribution in [2.75, 3.05) is 0 Å². The van der Waals surface area contributed by atoms with Gasteiger partial charge >= 0.3 is 6.16 Å². The Hall–Kier alpha value is -2.98. The van der Waals surface area contributed by atoms with Gasteiger partial charge in [-0.1, -0.05) is 18.2 Å². The highest BCUT2D eigenvalue weighted by atomic mass is 32.2. The number of benzene rings is 2. The molecule has 0 aliphatic carbocycles. The normalized spacial score (nSPS) is 10.9. The van der Waals surface area contributed by atoms with Gasteiger partial charge in [0, 0.05) is 17.7 Å². The van der Waals surface area contributed by atoms with Crippen molar-refractivity contribution >= 4 is 22.0 Å². The van der Waals surface area contributed by atoms with Crippen molar-refractivity contribution in [2.45, 2.75) is 11.5 Å². The number of rotatable bonds is 5. The molecule has 24 heavy (non-hydrogen) atoms. The second kappa shape index (κ2) is 7.06. The lowest BCUT2D eigenvalue weighted by Gasteiger charge is -2.08. The second-order valence-electron chi connectivity index (χ2n) is 4.47. The molecule has 0 spiro atoms. The summed E-state index contributed by atoms with van der Waals surface area (Å²) in [6, 6.07) is 10.2. The number of ether oxygens (including phenoxy) is 2. The lowest BCUT2D eigenvalue weighted by molar-refractivity contribution is -0.384. The molecule has 0 unspecified atom stereocenters. The van der Waals surface area contributed by atoms with Crippen LogP contribution >= 0.6 is 0 Å². The van der Waals surface area contributed by atoms with E-state index in [2.05, 4.69) is 0 Å².